The number of hydrogen-bond donors (Lipinski definition) is 1. The van der Waals surface area contributed by atoms with Gasteiger partial charge >= 0.3 is 12.0 Å². The molecule has 37 heavy (non-hydrogen) atoms. The van der Waals surface area contributed by atoms with Crippen LogP contribution < -0.4 is 15.6 Å². The van der Waals surface area contributed by atoms with Crippen molar-refractivity contribution in [1.29, 1.82) is 0 Å². The zero-order valence-corrected chi connectivity index (χ0v) is 21.1. The van der Waals surface area contributed by atoms with Crippen LogP contribution in [0.15, 0.2) is 77.6 Å². The van der Waals surface area contributed by atoms with Gasteiger partial charge in [0.2, 0.25) is 0 Å². The molecule has 0 aliphatic rings. The fraction of sp³-hybridized carbons (Fsp3) is 0.214. The van der Waals surface area contributed by atoms with Crippen LogP contribution >= 0.6 is 0 Å². The van der Waals surface area contributed by atoms with Gasteiger partial charge in [0, 0.05) is 12.7 Å². The van der Waals surface area contributed by atoms with Gasteiger partial charge in [-0.2, -0.15) is 0 Å². The van der Waals surface area contributed by atoms with Crippen LogP contribution in [0.1, 0.15) is 36.1 Å². The van der Waals surface area contributed by atoms with E-state index >= 15 is 0 Å². The van der Waals surface area contributed by atoms with Crippen molar-refractivity contribution in [3.63, 3.8) is 0 Å². The van der Waals surface area contributed by atoms with Crippen molar-refractivity contribution >= 4 is 28.6 Å². The van der Waals surface area contributed by atoms with Crippen LogP contribution in [0.3, 0.4) is 0 Å². The number of carbonyl (C=O) groups excluding carboxylic acids is 2. The number of urea groups is 1. The number of methoxy groups -OCH3 is 1. The molecule has 1 atom stereocenters. The largest absolute Gasteiger partial charge is 0.495 e. The van der Waals surface area contributed by atoms with E-state index in [9.17, 15) is 14.4 Å². The lowest BCUT2D eigenvalue weighted by molar-refractivity contribution is 0.0526. The van der Waals surface area contributed by atoms with Crippen molar-refractivity contribution in [3.05, 3.63) is 94.5 Å². The lowest BCUT2D eigenvalue weighted by atomic mass is 10.2. The number of esters is 1. The fourth-order valence-electron chi connectivity index (χ4n) is 3.94. The maximum absolute atomic E-state index is 13.6. The molecule has 0 aliphatic carbocycles. The normalized spacial score (nSPS) is 11.6. The second-order valence-corrected chi connectivity index (χ2v) is 8.31. The minimum atomic E-state index is -0.596. The molecule has 0 saturated carbocycles. The molecule has 4 aromatic rings. The standard InChI is InChI=1S/C28H28N4O5/c1-5-37-27(34)19-14-16-20(17-15-19)29-28(35)31(3)18(2)25-30-22-11-7-6-10-21(22)26(33)32(25)23-12-8-9-13-24(23)36-4/h6-18H,5H2,1-4H3,(H,29,35). The van der Waals surface area contributed by atoms with E-state index in [1.807, 2.05) is 18.2 Å². The van der Waals surface area contributed by atoms with Gasteiger partial charge < -0.3 is 19.7 Å². The predicted molar refractivity (Wildman–Crippen MR) is 141 cm³/mol. The molecule has 1 heterocycles. The second-order valence-electron chi connectivity index (χ2n) is 8.31. The van der Waals surface area contributed by atoms with Crippen LogP contribution in [0.5, 0.6) is 5.75 Å². The van der Waals surface area contributed by atoms with Crippen molar-refractivity contribution in [3.8, 4) is 11.4 Å². The van der Waals surface area contributed by atoms with E-state index in [-0.39, 0.29) is 12.2 Å². The van der Waals surface area contributed by atoms with Crippen molar-refractivity contribution in [2.75, 3.05) is 26.1 Å². The summed E-state index contributed by atoms with van der Waals surface area (Å²) < 4.78 is 12.0. The molecular formula is C28H28N4O5. The average molecular weight is 501 g/mol. The van der Waals surface area contributed by atoms with Gasteiger partial charge in [0.05, 0.1) is 41.9 Å². The van der Waals surface area contributed by atoms with Gasteiger partial charge in [-0.3, -0.25) is 9.36 Å². The Morgan fingerprint density at radius 1 is 1.03 bits per heavy atom. The number of ether oxygens (including phenoxy) is 2. The molecule has 1 unspecified atom stereocenters. The third-order valence-corrected chi connectivity index (χ3v) is 6.05. The number of benzene rings is 3. The molecule has 3 aromatic carbocycles. The van der Waals surface area contributed by atoms with Crippen molar-refractivity contribution < 1.29 is 19.1 Å². The van der Waals surface area contributed by atoms with Crippen LogP contribution in [0.4, 0.5) is 10.5 Å². The van der Waals surface area contributed by atoms with E-state index in [0.29, 0.717) is 39.4 Å². The number of nitrogens with one attached hydrogen (secondary N) is 1. The summed E-state index contributed by atoms with van der Waals surface area (Å²) in [5, 5.41) is 3.28. The molecule has 9 heteroatoms. The Bertz CT molecular complexity index is 1500. The first kappa shape index (κ1) is 25.4. The Balaban J connectivity index is 1.69. The van der Waals surface area contributed by atoms with Gasteiger partial charge in [0.1, 0.15) is 11.6 Å². The Morgan fingerprint density at radius 2 is 1.70 bits per heavy atom. The Hall–Kier alpha value is -4.66. The lowest BCUT2D eigenvalue weighted by Gasteiger charge is -2.27. The molecule has 1 aromatic heterocycles. The average Bonchev–Trinajstić information content (AvgIpc) is 2.92. The molecular weight excluding hydrogens is 472 g/mol. The summed E-state index contributed by atoms with van der Waals surface area (Å²) in [7, 11) is 3.16. The zero-order chi connectivity index (χ0) is 26.5. The minimum absolute atomic E-state index is 0.264. The smallest absolute Gasteiger partial charge is 0.338 e. The summed E-state index contributed by atoms with van der Waals surface area (Å²) in [6.45, 7) is 3.82. The number of hydrogen-bond acceptors (Lipinski definition) is 6. The highest BCUT2D eigenvalue weighted by Crippen LogP contribution is 2.27. The van der Waals surface area contributed by atoms with Crippen molar-refractivity contribution in [2.24, 2.45) is 0 Å². The van der Waals surface area contributed by atoms with E-state index in [2.05, 4.69) is 5.32 Å². The van der Waals surface area contributed by atoms with Crippen LogP contribution in [0.2, 0.25) is 0 Å². The predicted octanol–water partition coefficient (Wildman–Crippen LogP) is 4.80. The van der Waals surface area contributed by atoms with Crippen molar-refractivity contribution in [2.45, 2.75) is 19.9 Å². The highest BCUT2D eigenvalue weighted by atomic mass is 16.5. The number of carbonyl (C=O) groups is 2. The molecule has 1 N–H and O–H groups in total. The first-order chi connectivity index (χ1) is 17.8. The highest BCUT2D eigenvalue weighted by Gasteiger charge is 2.25. The molecule has 0 saturated heterocycles. The maximum Gasteiger partial charge on any atom is 0.338 e. The highest BCUT2D eigenvalue weighted by molar-refractivity contribution is 5.92. The third kappa shape index (κ3) is 5.16. The summed E-state index contributed by atoms with van der Waals surface area (Å²) in [4.78, 5) is 44.9. The quantitative estimate of drug-likeness (QED) is 0.366. The van der Waals surface area contributed by atoms with E-state index in [0.717, 1.165) is 0 Å². The van der Waals surface area contributed by atoms with E-state index < -0.39 is 18.0 Å². The van der Waals surface area contributed by atoms with Gasteiger partial charge in [0.15, 0.2) is 0 Å². The van der Waals surface area contributed by atoms with Gasteiger partial charge in [-0.15, -0.1) is 0 Å². The first-order valence-corrected chi connectivity index (χ1v) is 11.8. The van der Waals surface area contributed by atoms with E-state index in [1.54, 1.807) is 75.5 Å². The van der Waals surface area contributed by atoms with Crippen LogP contribution in [0.25, 0.3) is 16.6 Å². The number of aromatic nitrogens is 2. The van der Waals surface area contributed by atoms with E-state index in [1.165, 1.54) is 16.6 Å². The molecule has 0 spiro atoms. The molecule has 190 valence electrons. The molecule has 4 rings (SSSR count). The molecule has 0 radical (unpaired) electrons. The monoisotopic (exact) mass is 500 g/mol. The molecule has 2 amide bonds. The van der Waals surface area contributed by atoms with Crippen molar-refractivity contribution in [1.82, 2.24) is 14.5 Å². The fourth-order valence-corrected chi connectivity index (χ4v) is 3.94. The van der Waals surface area contributed by atoms with E-state index in [4.69, 9.17) is 14.5 Å². The van der Waals surface area contributed by atoms with Gasteiger partial charge in [-0.1, -0.05) is 24.3 Å². The van der Waals surface area contributed by atoms with Gasteiger partial charge in [-0.25, -0.2) is 14.6 Å². The molecule has 0 aliphatic heterocycles. The summed E-state index contributed by atoms with van der Waals surface area (Å²) in [5.41, 5.74) is 1.69. The number of para-hydroxylation sites is 3. The topological polar surface area (TPSA) is 103 Å². The third-order valence-electron chi connectivity index (χ3n) is 6.05. The Morgan fingerprint density at radius 3 is 2.41 bits per heavy atom. The number of nitrogens with zero attached hydrogens (tertiary/aromatic N) is 3. The lowest BCUT2D eigenvalue weighted by Crippen LogP contribution is -2.37. The Labute approximate surface area is 214 Å². The van der Waals surface area contributed by atoms with Crippen LogP contribution in [0, 0.1) is 0 Å². The summed E-state index contributed by atoms with van der Waals surface area (Å²) in [6.07, 6.45) is 0. The molecule has 0 fully saturated rings. The zero-order valence-electron chi connectivity index (χ0n) is 21.1. The number of amides is 2. The first-order valence-electron chi connectivity index (χ1n) is 11.8. The van der Waals surface area contributed by atoms with Gasteiger partial charge in [-0.05, 0) is 62.4 Å². The summed E-state index contributed by atoms with van der Waals surface area (Å²) in [5.74, 6) is 0.454. The molecule has 9 nitrogen and oxygen atoms in total. The van der Waals surface area contributed by atoms with Gasteiger partial charge in [0.25, 0.3) is 5.56 Å². The van der Waals surface area contributed by atoms with Crippen LogP contribution in [-0.4, -0.2) is 47.2 Å². The summed E-state index contributed by atoms with van der Waals surface area (Å²) >= 11 is 0. The molecule has 0 bridgehead atoms. The Kier molecular flexibility index (Phi) is 7.52. The second kappa shape index (κ2) is 10.9. The summed E-state index contributed by atoms with van der Waals surface area (Å²) in [6, 6.07) is 19.7. The number of rotatable bonds is 7. The van der Waals surface area contributed by atoms with Crippen LogP contribution in [-0.2, 0) is 4.74 Å². The maximum atomic E-state index is 13.6. The number of anilines is 1. The minimum Gasteiger partial charge on any atom is -0.495 e. The number of fused-ring (bicyclic) bond motifs is 1. The SMILES string of the molecule is CCOC(=O)c1ccc(NC(=O)N(C)C(C)c2nc3ccccc3c(=O)n2-c2ccccc2OC)cc1.